The Labute approximate surface area is 215 Å². The maximum absolute atomic E-state index is 13.4. The Balaban J connectivity index is 1.43. The number of carbonyl (C=O) groups is 2. The van der Waals surface area contributed by atoms with Crippen molar-refractivity contribution < 1.29 is 23.1 Å². The normalized spacial score (nSPS) is 15.2. The summed E-state index contributed by atoms with van der Waals surface area (Å²) >= 11 is 1.10. The minimum absolute atomic E-state index is 0.0106. The molecular weight excluding hydrogens is 497 g/mol. The zero-order valence-corrected chi connectivity index (χ0v) is 20.6. The Morgan fingerprint density at radius 1 is 1.14 bits per heavy atom. The van der Waals surface area contributed by atoms with E-state index >= 15 is 0 Å². The fourth-order valence-electron chi connectivity index (χ4n) is 4.11. The maximum Gasteiger partial charge on any atom is 0.262 e. The first-order valence-corrected chi connectivity index (χ1v) is 12.8. The molecule has 1 aliphatic rings. The smallest absolute Gasteiger partial charge is 0.262 e. The molecule has 1 N–H and O–H groups in total. The van der Waals surface area contributed by atoms with Crippen LogP contribution in [0.3, 0.4) is 0 Å². The molecule has 0 radical (unpaired) electrons. The summed E-state index contributed by atoms with van der Waals surface area (Å²) in [5.41, 5.74) is 0.769. The zero-order chi connectivity index (χ0) is 25.8. The molecule has 0 unspecified atom stereocenters. The highest BCUT2D eigenvalue weighted by Gasteiger charge is 2.19. The van der Waals surface area contributed by atoms with Gasteiger partial charge in [0.05, 0.1) is 35.6 Å². The summed E-state index contributed by atoms with van der Waals surface area (Å²) in [5, 5.41) is 3.52. The van der Waals surface area contributed by atoms with E-state index < -0.39 is 5.82 Å². The van der Waals surface area contributed by atoms with Crippen molar-refractivity contribution in [3.05, 3.63) is 93.9 Å². The molecule has 0 spiro atoms. The lowest BCUT2D eigenvalue weighted by molar-refractivity contribution is 0.0857. The Hall–Kier alpha value is -3.76. The monoisotopic (exact) mass is 521 g/mol. The number of rotatable bonds is 9. The molecule has 8 nitrogen and oxygen atoms in total. The summed E-state index contributed by atoms with van der Waals surface area (Å²) in [4.78, 5) is 43.5. The molecule has 0 aliphatic carbocycles. The van der Waals surface area contributed by atoms with Gasteiger partial charge in [0, 0.05) is 24.3 Å². The van der Waals surface area contributed by atoms with Crippen LogP contribution in [0, 0.1) is 5.82 Å². The standard InChI is InChI=1S/C27H24FN3O5S/c28-19-8-5-17(6-9-19)24(32)16-37-27-30-23-13-18(25(33)29-14-20-3-1-11-35-20)7-10-22(23)26(34)31(27)15-21-4-2-12-36-21/h2,4-10,12-13,20H,1,3,11,14-16H2,(H,29,33)/t20-/m1/s1. The van der Waals surface area contributed by atoms with Gasteiger partial charge in [-0.25, -0.2) is 9.37 Å². The van der Waals surface area contributed by atoms with Crippen LogP contribution in [0.2, 0.25) is 0 Å². The van der Waals surface area contributed by atoms with Crippen molar-refractivity contribution in [2.24, 2.45) is 0 Å². The number of thioether (sulfide) groups is 1. The molecule has 0 saturated carbocycles. The van der Waals surface area contributed by atoms with Gasteiger partial charge in [0.25, 0.3) is 11.5 Å². The molecule has 2 aromatic carbocycles. The minimum Gasteiger partial charge on any atom is -0.467 e. The Bertz CT molecular complexity index is 1480. The third-order valence-electron chi connectivity index (χ3n) is 6.09. The lowest BCUT2D eigenvalue weighted by Gasteiger charge is -2.13. The SMILES string of the molecule is O=C(CSc1nc2cc(C(=O)NC[C@H]3CCCO3)ccc2c(=O)n1Cc1ccco1)c1ccc(F)cc1. The van der Waals surface area contributed by atoms with E-state index in [0.29, 0.717) is 46.1 Å². The highest BCUT2D eigenvalue weighted by atomic mass is 32.2. The van der Waals surface area contributed by atoms with Gasteiger partial charge in [0.15, 0.2) is 10.9 Å². The molecule has 37 heavy (non-hydrogen) atoms. The number of amides is 1. The van der Waals surface area contributed by atoms with Crippen LogP contribution in [0.5, 0.6) is 0 Å². The van der Waals surface area contributed by atoms with Crippen molar-refractivity contribution in [1.82, 2.24) is 14.9 Å². The Morgan fingerprint density at radius 2 is 1.95 bits per heavy atom. The number of hydrogen-bond acceptors (Lipinski definition) is 7. The van der Waals surface area contributed by atoms with E-state index in [1.54, 1.807) is 30.3 Å². The minimum atomic E-state index is -0.428. The van der Waals surface area contributed by atoms with Crippen LogP contribution >= 0.6 is 11.8 Å². The fraction of sp³-hybridized carbons (Fsp3) is 0.259. The molecule has 5 rings (SSSR count). The van der Waals surface area contributed by atoms with Crippen LogP contribution < -0.4 is 10.9 Å². The average Bonchev–Trinajstić information content (AvgIpc) is 3.62. The van der Waals surface area contributed by atoms with E-state index in [4.69, 9.17) is 9.15 Å². The number of hydrogen-bond donors (Lipinski definition) is 1. The van der Waals surface area contributed by atoms with Crippen molar-refractivity contribution in [3.63, 3.8) is 0 Å². The van der Waals surface area contributed by atoms with Crippen molar-refractivity contribution in [2.75, 3.05) is 18.9 Å². The van der Waals surface area contributed by atoms with Gasteiger partial charge >= 0.3 is 0 Å². The number of ketones is 1. The van der Waals surface area contributed by atoms with Crippen molar-refractivity contribution >= 4 is 34.4 Å². The molecular formula is C27H24FN3O5S. The van der Waals surface area contributed by atoms with E-state index in [-0.39, 0.29) is 35.7 Å². The second-order valence-electron chi connectivity index (χ2n) is 8.66. The number of Topliss-reactive ketones (excluding diaryl/α,β-unsaturated/α-hetero) is 1. The van der Waals surface area contributed by atoms with Gasteiger partial charge in [0.2, 0.25) is 0 Å². The second kappa shape index (κ2) is 11.1. The molecule has 3 heterocycles. The number of fused-ring (bicyclic) bond motifs is 1. The van der Waals surface area contributed by atoms with E-state index in [9.17, 15) is 18.8 Å². The summed E-state index contributed by atoms with van der Waals surface area (Å²) < 4.78 is 25.7. The third kappa shape index (κ3) is 5.81. The first-order valence-electron chi connectivity index (χ1n) is 11.9. The van der Waals surface area contributed by atoms with Gasteiger partial charge < -0.3 is 14.5 Å². The second-order valence-corrected chi connectivity index (χ2v) is 9.60. The molecule has 1 saturated heterocycles. The summed E-state index contributed by atoms with van der Waals surface area (Å²) in [7, 11) is 0. The van der Waals surface area contributed by atoms with Crippen LogP contribution in [0.25, 0.3) is 10.9 Å². The highest BCUT2D eigenvalue weighted by molar-refractivity contribution is 7.99. The van der Waals surface area contributed by atoms with E-state index in [1.165, 1.54) is 35.1 Å². The van der Waals surface area contributed by atoms with Crippen LogP contribution in [0.15, 0.2) is 75.2 Å². The molecule has 4 aromatic rings. The molecule has 1 fully saturated rings. The average molecular weight is 522 g/mol. The molecule has 0 bridgehead atoms. The number of carbonyl (C=O) groups excluding carboxylic acids is 2. The van der Waals surface area contributed by atoms with Gasteiger partial charge in [-0.1, -0.05) is 11.8 Å². The number of ether oxygens (including phenoxy) is 1. The molecule has 1 atom stereocenters. The van der Waals surface area contributed by atoms with Gasteiger partial charge in [0.1, 0.15) is 11.6 Å². The quantitative estimate of drug-likeness (QED) is 0.201. The predicted octanol–water partition coefficient (Wildman–Crippen LogP) is 4.06. The van der Waals surface area contributed by atoms with E-state index in [0.717, 1.165) is 24.6 Å². The van der Waals surface area contributed by atoms with Crippen molar-refractivity contribution in [2.45, 2.75) is 30.6 Å². The lowest BCUT2D eigenvalue weighted by atomic mass is 10.1. The van der Waals surface area contributed by atoms with Crippen LogP contribution in [-0.2, 0) is 11.3 Å². The largest absolute Gasteiger partial charge is 0.467 e. The fourth-order valence-corrected chi connectivity index (χ4v) is 5.01. The zero-order valence-electron chi connectivity index (χ0n) is 19.8. The predicted molar refractivity (Wildman–Crippen MR) is 137 cm³/mol. The third-order valence-corrected chi connectivity index (χ3v) is 7.07. The van der Waals surface area contributed by atoms with Crippen LogP contribution in [-0.4, -0.2) is 46.2 Å². The number of nitrogens with zero attached hydrogens (tertiary/aromatic N) is 2. The van der Waals surface area contributed by atoms with E-state index in [1.807, 2.05) is 0 Å². The first kappa shape index (κ1) is 24.9. The van der Waals surface area contributed by atoms with Gasteiger partial charge in [-0.2, -0.15) is 0 Å². The summed E-state index contributed by atoms with van der Waals surface area (Å²) in [6.07, 6.45) is 3.42. The van der Waals surface area contributed by atoms with Crippen LogP contribution in [0.4, 0.5) is 4.39 Å². The maximum atomic E-state index is 13.4. The topological polar surface area (TPSA) is 103 Å². The lowest BCUT2D eigenvalue weighted by Crippen LogP contribution is -2.31. The van der Waals surface area contributed by atoms with Gasteiger partial charge in [-0.3, -0.25) is 19.0 Å². The van der Waals surface area contributed by atoms with E-state index in [2.05, 4.69) is 10.3 Å². The summed E-state index contributed by atoms with van der Waals surface area (Å²) in [5.74, 6) is -0.391. The molecule has 190 valence electrons. The number of benzene rings is 2. The van der Waals surface area contributed by atoms with Gasteiger partial charge in [-0.05, 0) is 67.4 Å². The molecule has 1 aliphatic heterocycles. The Kier molecular flexibility index (Phi) is 7.47. The summed E-state index contributed by atoms with van der Waals surface area (Å²) in [6.45, 7) is 1.25. The van der Waals surface area contributed by atoms with Crippen LogP contribution in [0.1, 0.15) is 39.3 Å². The van der Waals surface area contributed by atoms with Crippen molar-refractivity contribution in [3.8, 4) is 0 Å². The number of halogens is 1. The van der Waals surface area contributed by atoms with Crippen molar-refractivity contribution in [1.29, 1.82) is 0 Å². The number of furan rings is 1. The molecule has 1 amide bonds. The Morgan fingerprint density at radius 3 is 2.68 bits per heavy atom. The molecule has 2 aromatic heterocycles. The molecule has 10 heteroatoms. The number of nitrogens with one attached hydrogen (secondary N) is 1. The first-order chi connectivity index (χ1) is 18.0. The number of aromatic nitrogens is 2. The summed E-state index contributed by atoms with van der Waals surface area (Å²) in [6, 6.07) is 13.5. The van der Waals surface area contributed by atoms with Gasteiger partial charge in [-0.15, -0.1) is 0 Å². The highest BCUT2D eigenvalue weighted by Crippen LogP contribution is 2.22.